The molecule has 0 saturated carbocycles. The van der Waals surface area contributed by atoms with E-state index in [4.69, 9.17) is 4.74 Å². The van der Waals surface area contributed by atoms with Crippen LogP contribution in [0.4, 0.5) is 4.79 Å². The highest BCUT2D eigenvalue weighted by Crippen LogP contribution is 2.20. The van der Waals surface area contributed by atoms with Crippen LogP contribution >= 0.6 is 0 Å². The van der Waals surface area contributed by atoms with Crippen LogP contribution in [0.15, 0.2) is 85.3 Å². The lowest BCUT2D eigenvalue weighted by atomic mass is 9.98. The van der Waals surface area contributed by atoms with Crippen LogP contribution in [0.25, 0.3) is 10.8 Å². The minimum atomic E-state index is -1.20. The largest absolute Gasteiger partial charge is 0.480 e. The first-order valence-corrected chi connectivity index (χ1v) is 11.4. The van der Waals surface area contributed by atoms with Gasteiger partial charge in [-0.15, -0.1) is 0 Å². The molecule has 4 N–H and O–H groups in total. The fourth-order valence-electron chi connectivity index (χ4n) is 3.90. The second-order valence-electron chi connectivity index (χ2n) is 8.28. The smallest absolute Gasteiger partial charge is 0.408 e. The van der Waals surface area contributed by atoms with Crippen LogP contribution in [0.5, 0.6) is 0 Å². The summed E-state index contributed by atoms with van der Waals surface area (Å²) in [5.74, 6) is -1.82. The number of aliphatic carboxylic acids is 1. The number of aromatic nitrogens is 2. The number of benzene rings is 3. The van der Waals surface area contributed by atoms with Crippen LogP contribution in [-0.4, -0.2) is 45.1 Å². The van der Waals surface area contributed by atoms with Crippen molar-refractivity contribution in [1.29, 1.82) is 0 Å². The van der Waals surface area contributed by atoms with Crippen molar-refractivity contribution in [2.45, 2.75) is 31.5 Å². The molecule has 1 aromatic heterocycles. The van der Waals surface area contributed by atoms with Gasteiger partial charge in [-0.25, -0.2) is 14.6 Å². The van der Waals surface area contributed by atoms with Gasteiger partial charge >= 0.3 is 12.1 Å². The molecule has 0 fully saturated rings. The Kier molecular flexibility index (Phi) is 7.92. The van der Waals surface area contributed by atoms with E-state index in [1.54, 1.807) is 0 Å². The van der Waals surface area contributed by atoms with Crippen molar-refractivity contribution in [3.05, 3.63) is 102 Å². The SMILES string of the molecule is O=C(N[C@@H](Cc1cnc[nH]1)C(=O)N[C@H](Cc1cccc2ccccc12)C(=O)O)OCc1ccccc1. The molecule has 4 rings (SSSR count). The van der Waals surface area contributed by atoms with Gasteiger partial charge in [-0.1, -0.05) is 72.8 Å². The first-order valence-electron chi connectivity index (χ1n) is 11.4. The average molecular weight is 487 g/mol. The van der Waals surface area contributed by atoms with Crippen molar-refractivity contribution < 1.29 is 24.2 Å². The average Bonchev–Trinajstić information content (AvgIpc) is 3.40. The van der Waals surface area contributed by atoms with Crippen LogP contribution < -0.4 is 10.6 Å². The van der Waals surface area contributed by atoms with Gasteiger partial charge in [0.2, 0.25) is 5.91 Å². The zero-order valence-electron chi connectivity index (χ0n) is 19.4. The summed E-state index contributed by atoms with van der Waals surface area (Å²) in [5, 5.41) is 16.9. The predicted molar refractivity (Wildman–Crippen MR) is 133 cm³/mol. The summed E-state index contributed by atoms with van der Waals surface area (Å²) in [6, 6.07) is 20.1. The molecule has 0 unspecified atom stereocenters. The van der Waals surface area contributed by atoms with E-state index in [0.29, 0.717) is 5.69 Å². The Hall–Kier alpha value is -4.66. The molecule has 0 aliphatic rings. The number of hydrogen-bond acceptors (Lipinski definition) is 5. The molecular formula is C27H26N4O5. The number of hydrogen-bond donors (Lipinski definition) is 4. The van der Waals surface area contributed by atoms with E-state index in [-0.39, 0.29) is 19.4 Å². The van der Waals surface area contributed by atoms with Crippen molar-refractivity contribution >= 4 is 28.7 Å². The van der Waals surface area contributed by atoms with Crippen LogP contribution in [0.3, 0.4) is 0 Å². The van der Waals surface area contributed by atoms with Crippen molar-refractivity contribution in [3.8, 4) is 0 Å². The Bertz CT molecular complexity index is 1320. The lowest BCUT2D eigenvalue weighted by Crippen LogP contribution is -2.53. The number of carboxylic acids is 1. The molecular weight excluding hydrogens is 460 g/mol. The first-order chi connectivity index (χ1) is 17.5. The highest BCUT2D eigenvalue weighted by Gasteiger charge is 2.28. The number of fused-ring (bicyclic) bond motifs is 1. The number of nitrogens with one attached hydrogen (secondary N) is 3. The van der Waals surface area contributed by atoms with E-state index in [1.807, 2.05) is 72.8 Å². The highest BCUT2D eigenvalue weighted by atomic mass is 16.5. The summed E-state index contributed by atoms with van der Waals surface area (Å²) >= 11 is 0. The monoisotopic (exact) mass is 486 g/mol. The summed E-state index contributed by atoms with van der Waals surface area (Å²) in [5.41, 5.74) is 2.18. The van der Waals surface area contributed by atoms with E-state index in [2.05, 4.69) is 20.6 Å². The van der Waals surface area contributed by atoms with Gasteiger partial charge in [0.1, 0.15) is 18.7 Å². The number of aromatic amines is 1. The molecule has 1 heterocycles. The Morgan fingerprint density at radius 1 is 0.889 bits per heavy atom. The van der Waals surface area contributed by atoms with Gasteiger partial charge in [0.05, 0.1) is 6.33 Å². The molecule has 0 aliphatic heterocycles. The maximum absolute atomic E-state index is 13.2. The number of carboxylic acid groups (broad SMARTS) is 1. The maximum atomic E-state index is 13.2. The summed E-state index contributed by atoms with van der Waals surface area (Å²) in [4.78, 5) is 44.5. The van der Waals surface area contributed by atoms with Gasteiger partial charge in [0, 0.05) is 24.7 Å². The molecule has 184 valence electrons. The fraction of sp³-hybridized carbons (Fsp3) is 0.185. The van der Waals surface area contributed by atoms with Crippen molar-refractivity contribution in [1.82, 2.24) is 20.6 Å². The third-order valence-corrected chi connectivity index (χ3v) is 5.72. The summed E-state index contributed by atoms with van der Waals surface area (Å²) in [6.45, 7) is 0.0316. The predicted octanol–water partition coefficient (Wildman–Crippen LogP) is 3.21. The Labute approximate surface area is 207 Å². The van der Waals surface area contributed by atoms with Gasteiger partial charge in [-0.3, -0.25) is 4.79 Å². The van der Waals surface area contributed by atoms with Crippen molar-refractivity contribution in [3.63, 3.8) is 0 Å². The molecule has 0 saturated heterocycles. The molecule has 4 aromatic rings. The normalized spacial score (nSPS) is 12.4. The second-order valence-corrected chi connectivity index (χ2v) is 8.28. The van der Waals surface area contributed by atoms with E-state index in [1.165, 1.54) is 12.5 Å². The number of rotatable bonds is 10. The lowest BCUT2D eigenvalue weighted by molar-refractivity contribution is -0.142. The second kappa shape index (κ2) is 11.7. The topological polar surface area (TPSA) is 133 Å². The molecule has 2 amide bonds. The molecule has 3 aromatic carbocycles. The van der Waals surface area contributed by atoms with Crippen LogP contribution in [0, 0.1) is 0 Å². The van der Waals surface area contributed by atoms with Crippen molar-refractivity contribution in [2.75, 3.05) is 0 Å². The van der Waals surface area contributed by atoms with Crippen LogP contribution in [-0.2, 0) is 33.8 Å². The Morgan fingerprint density at radius 2 is 1.64 bits per heavy atom. The number of alkyl carbamates (subject to hydrolysis) is 1. The van der Waals surface area contributed by atoms with Gasteiger partial charge in [0.15, 0.2) is 0 Å². The number of ether oxygens (including phenoxy) is 1. The zero-order valence-corrected chi connectivity index (χ0v) is 19.4. The minimum absolute atomic E-state index is 0.0316. The Morgan fingerprint density at radius 3 is 2.39 bits per heavy atom. The van der Waals surface area contributed by atoms with E-state index in [9.17, 15) is 19.5 Å². The number of amides is 2. The third kappa shape index (κ3) is 6.47. The summed E-state index contributed by atoms with van der Waals surface area (Å²) in [7, 11) is 0. The van der Waals surface area contributed by atoms with Gasteiger partial charge < -0.3 is 25.5 Å². The molecule has 0 bridgehead atoms. The lowest BCUT2D eigenvalue weighted by Gasteiger charge is -2.21. The van der Waals surface area contributed by atoms with Gasteiger partial charge in [0.25, 0.3) is 0 Å². The number of H-pyrrole nitrogens is 1. The standard InChI is InChI=1S/C27H26N4O5/c32-25(30-24(26(33)34)13-20-11-6-10-19-9-4-5-12-22(19)20)23(14-21-15-28-17-29-21)31-27(35)36-16-18-7-2-1-3-8-18/h1-12,15,17,23-24H,13-14,16H2,(H,28,29)(H,30,32)(H,31,35)(H,33,34)/t23-,24+/m0/s1. The number of nitrogens with zero attached hydrogens (tertiary/aromatic N) is 1. The number of carbonyl (C=O) groups is 3. The molecule has 36 heavy (non-hydrogen) atoms. The van der Waals surface area contributed by atoms with Gasteiger partial charge in [-0.05, 0) is 21.9 Å². The molecule has 0 aliphatic carbocycles. The quantitative estimate of drug-likeness (QED) is 0.272. The highest BCUT2D eigenvalue weighted by molar-refractivity contribution is 5.90. The fourth-order valence-corrected chi connectivity index (χ4v) is 3.90. The van der Waals surface area contributed by atoms with Crippen LogP contribution in [0.2, 0.25) is 0 Å². The molecule has 9 heteroatoms. The van der Waals surface area contributed by atoms with Crippen LogP contribution in [0.1, 0.15) is 16.8 Å². The van der Waals surface area contributed by atoms with Crippen molar-refractivity contribution in [2.24, 2.45) is 0 Å². The molecule has 2 atom stereocenters. The number of carbonyl (C=O) groups excluding carboxylic acids is 2. The van der Waals surface area contributed by atoms with Gasteiger partial charge in [-0.2, -0.15) is 0 Å². The maximum Gasteiger partial charge on any atom is 0.408 e. The van der Waals surface area contributed by atoms with E-state index in [0.717, 1.165) is 21.9 Å². The minimum Gasteiger partial charge on any atom is -0.480 e. The molecule has 0 spiro atoms. The molecule has 9 nitrogen and oxygen atoms in total. The first kappa shape index (κ1) is 24.5. The van der Waals surface area contributed by atoms with E-state index < -0.39 is 30.1 Å². The summed E-state index contributed by atoms with van der Waals surface area (Å²) in [6.07, 6.45) is 2.35. The zero-order chi connectivity index (χ0) is 25.3. The summed E-state index contributed by atoms with van der Waals surface area (Å²) < 4.78 is 5.25. The third-order valence-electron chi connectivity index (χ3n) is 5.72. The number of imidazole rings is 1. The molecule has 0 radical (unpaired) electrons. The Balaban J connectivity index is 1.46. The van der Waals surface area contributed by atoms with E-state index >= 15 is 0 Å².